The molecule has 4 aliphatic heterocycles. The average Bonchev–Trinajstić information content (AvgIpc) is 3.32. The third-order valence-corrected chi connectivity index (χ3v) is 16.7. The van der Waals surface area contributed by atoms with E-state index >= 15 is 0 Å². The summed E-state index contributed by atoms with van der Waals surface area (Å²) in [6, 6.07) is 12.5. The van der Waals surface area contributed by atoms with Crippen LogP contribution in [0.5, 0.6) is 5.75 Å². The second kappa shape index (κ2) is 16.6. The molecule has 1 unspecified atom stereocenters. The minimum absolute atomic E-state index is 0.0262. The number of anilines is 1. The Hall–Kier alpha value is -2.60. The number of amides is 1. The molecular formula is C45H63ClN4O5S. The van der Waals surface area contributed by atoms with E-state index < -0.39 is 15.3 Å². The van der Waals surface area contributed by atoms with Crippen molar-refractivity contribution in [1.29, 1.82) is 0 Å². The van der Waals surface area contributed by atoms with Crippen LogP contribution in [0.1, 0.15) is 87.2 Å². The van der Waals surface area contributed by atoms with Crippen molar-refractivity contribution in [3.8, 4) is 5.75 Å². The highest BCUT2D eigenvalue weighted by Gasteiger charge is 2.50. The van der Waals surface area contributed by atoms with Gasteiger partial charge < -0.3 is 19.1 Å². The fourth-order valence-electron chi connectivity index (χ4n) is 10.5. The van der Waals surface area contributed by atoms with Crippen LogP contribution < -0.4 is 14.4 Å². The van der Waals surface area contributed by atoms with Gasteiger partial charge in [0.05, 0.1) is 35.2 Å². The molecule has 0 radical (unpaired) electrons. The fraction of sp³-hybridized carbons (Fsp3) is 0.644. The number of allylic oxidation sites excluding steroid dienone is 1. The number of carbonyl (C=O) groups excluding carboxylic acids is 1. The molecule has 11 heteroatoms. The lowest BCUT2D eigenvalue weighted by atomic mass is 9.63. The fourth-order valence-corrected chi connectivity index (χ4v) is 12.2. The van der Waals surface area contributed by atoms with E-state index in [0.29, 0.717) is 36.7 Å². The zero-order valence-corrected chi connectivity index (χ0v) is 35.4. The standard InChI is InChI=1S/C45H63ClN4O5S/c1-5-6-22-55-45(30-48-19-20-49-21-23-53-28-38(49)27-48)18-7-9-32(2)33(3)56(4,52)47-43(51)35-12-16-42-41(25-35)50(26-36-11-14-40(36)45)29-44(31-54-42)17-8-10-34-24-37(46)13-15-39(34)44/h7,12-13,15-16,18,24-25,32-33,36,38,40H,4-6,8-11,14,17,19-23,26-31H2,1-3H3,(H,47,51,52)/b18-7+/t32-,33+,36-,38-,40+,44-,45-,56?/m0/s1. The lowest BCUT2D eigenvalue weighted by Gasteiger charge is -2.53. The minimum Gasteiger partial charge on any atom is -0.490 e. The molecule has 1 amide bonds. The summed E-state index contributed by atoms with van der Waals surface area (Å²) < 4.78 is 37.1. The van der Waals surface area contributed by atoms with Crippen LogP contribution in [-0.4, -0.2) is 115 Å². The lowest BCUT2D eigenvalue weighted by Crippen LogP contribution is -2.63. The average molecular weight is 808 g/mol. The van der Waals surface area contributed by atoms with Gasteiger partial charge in [0.25, 0.3) is 5.91 Å². The van der Waals surface area contributed by atoms with Gasteiger partial charge in [-0.25, -0.2) is 4.21 Å². The van der Waals surface area contributed by atoms with Gasteiger partial charge in [-0.3, -0.25) is 19.3 Å². The molecule has 2 aliphatic carbocycles. The zero-order chi connectivity index (χ0) is 39.1. The number of piperazine rings is 1. The van der Waals surface area contributed by atoms with E-state index in [9.17, 15) is 9.00 Å². The van der Waals surface area contributed by atoms with Crippen molar-refractivity contribution in [2.75, 3.05) is 77.1 Å². The molecule has 9 nitrogen and oxygen atoms in total. The van der Waals surface area contributed by atoms with Crippen molar-refractivity contribution in [1.82, 2.24) is 14.5 Å². The molecular weight excluding hydrogens is 744 g/mol. The van der Waals surface area contributed by atoms with E-state index in [4.69, 9.17) is 25.8 Å². The normalized spacial score (nSPS) is 35.9. The molecule has 1 N–H and O–H groups in total. The number of hydrogen-bond acceptors (Lipinski definition) is 8. The van der Waals surface area contributed by atoms with Gasteiger partial charge in [0.2, 0.25) is 0 Å². The molecule has 2 aromatic carbocycles. The smallest absolute Gasteiger partial charge is 0.262 e. The topological polar surface area (TPSA) is 83.6 Å². The number of carbonyl (C=O) groups is 1. The summed E-state index contributed by atoms with van der Waals surface area (Å²) in [6.07, 6.45) is 12.8. The number of halogens is 1. The van der Waals surface area contributed by atoms with E-state index in [2.05, 4.69) is 63.4 Å². The molecule has 8 atom stereocenters. The quantitative estimate of drug-likeness (QED) is 0.195. The summed E-state index contributed by atoms with van der Waals surface area (Å²) in [5.41, 5.74) is 3.31. The highest BCUT2D eigenvalue weighted by atomic mass is 35.5. The highest BCUT2D eigenvalue weighted by Crippen LogP contribution is 2.49. The van der Waals surface area contributed by atoms with Gasteiger partial charge >= 0.3 is 0 Å². The first-order valence-electron chi connectivity index (χ1n) is 21.3. The Bertz CT molecular complexity index is 1890. The Balaban J connectivity index is 1.20. The highest BCUT2D eigenvalue weighted by molar-refractivity contribution is 7.99. The van der Waals surface area contributed by atoms with Crippen molar-refractivity contribution in [2.45, 2.75) is 94.4 Å². The number of ether oxygens (including phenoxy) is 3. The number of nitrogens with one attached hydrogen (secondary N) is 1. The van der Waals surface area contributed by atoms with Gasteiger partial charge in [0.1, 0.15) is 11.4 Å². The molecule has 1 saturated carbocycles. The maximum atomic E-state index is 14.2. The Kier molecular flexibility index (Phi) is 11.9. The number of benzene rings is 2. The van der Waals surface area contributed by atoms with Gasteiger partial charge in [0.15, 0.2) is 0 Å². The molecule has 0 aromatic heterocycles. The van der Waals surface area contributed by atoms with Gasteiger partial charge in [-0.2, -0.15) is 0 Å². The van der Waals surface area contributed by atoms with Crippen molar-refractivity contribution in [3.05, 3.63) is 70.3 Å². The summed E-state index contributed by atoms with van der Waals surface area (Å²) in [6.45, 7) is 15.7. The van der Waals surface area contributed by atoms with Crippen molar-refractivity contribution in [3.63, 3.8) is 0 Å². The Morgan fingerprint density at radius 3 is 2.80 bits per heavy atom. The van der Waals surface area contributed by atoms with Gasteiger partial charge in [-0.05, 0) is 117 Å². The first kappa shape index (κ1) is 40.2. The van der Waals surface area contributed by atoms with Crippen LogP contribution in [0, 0.1) is 17.8 Å². The molecule has 3 fully saturated rings. The summed E-state index contributed by atoms with van der Waals surface area (Å²) in [7, 11) is -2.97. The maximum absolute atomic E-state index is 14.2. The van der Waals surface area contributed by atoms with E-state index in [-0.39, 0.29) is 22.5 Å². The summed E-state index contributed by atoms with van der Waals surface area (Å²) in [5.74, 6) is 5.24. The Labute approximate surface area is 340 Å². The van der Waals surface area contributed by atoms with Crippen LogP contribution >= 0.6 is 11.6 Å². The third kappa shape index (κ3) is 8.04. The molecule has 2 saturated heterocycles. The predicted molar refractivity (Wildman–Crippen MR) is 228 cm³/mol. The van der Waals surface area contributed by atoms with Crippen LogP contribution in [0.4, 0.5) is 5.69 Å². The second-order valence-corrected chi connectivity index (χ2v) is 20.7. The van der Waals surface area contributed by atoms with Crippen LogP contribution in [0.3, 0.4) is 0 Å². The number of nitrogens with zero attached hydrogens (tertiary/aromatic N) is 3. The summed E-state index contributed by atoms with van der Waals surface area (Å²) in [4.78, 5) is 21.7. The number of fused-ring (bicyclic) bond motifs is 5. The number of aryl methyl sites for hydroxylation is 1. The largest absolute Gasteiger partial charge is 0.490 e. The molecule has 2 aromatic rings. The molecule has 56 heavy (non-hydrogen) atoms. The zero-order valence-electron chi connectivity index (χ0n) is 33.8. The monoisotopic (exact) mass is 806 g/mol. The number of rotatable bonds is 6. The van der Waals surface area contributed by atoms with Crippen LogP contribution in [0.15, 0.2) is 48.6 Å². The van der Waals surface area contributed by atoms with Crippen molar-refractivity contribution < 1.29 is 23.2 Å². The van der Waals surface area contributed by atoms with Gasteiger partial charge in [-0.1, -0.05) is 50.1 Å². The summed E-state index contributed by atoms with van der Waals surface area (Å²) >= 11 is 6.56. The number of unbranched alkanes of at least 4 members (excludes halogenated alkanes) is 1. The Morgan fingerprint density at radius 1 is 1.11 bits per heavy atom. The SMILES string of the molecule is C=S1(=O)NC(=O)c2ccc3c(c2)N(C[C@@H]2CC[C@H]2[C@](CN2CCN4CCOC[C@@H]4C2)(OCCCC)/C=C/C[C@H](C)[C@H]1C)C[C@@]1(CCCc2cc(Cl)ccc21)CO3. The second-order valence-electron chi connectivity index (χ2n) is 17.9. The number of morpholine rings is 1. The molecule has 306 valence electrons. The van der Waals surface area contributed by atoms with Crippen LogP contribution in [-0.2, 0) is 31.0 Å². The molecule has 8 rings (SSSR count). The summed E-state index contributed by atoms with van der Waals surface area (Å²) in [5, 5.41) is 0.433. The minimum atomic E-state index is -2.97. The van der Waals surface area contributed by atoms with E-state index in [1.54, 1.807) is 0 Å². The Morgan fingerprint density at radius 2 is 1.98 bits per heavy atom. The van der Waals surface area contributed by atoms with E-state index in [1.807, 2.05) is 31.2 Å². The first-order chi connectivity index (χ1) is 27.0. The lowest BCUT2D eigenvalue weighted by molar-refractivity contribution is -0.125. The predicted octanol–water partition coefficient (Wildman–Crippen LogP) is 6.76. The molecule has 1 spiro atoms. The van der Waals surface area contributed by atoms with Crippen molar-refractivity contribution in [2.24, 2.45) is 17.8 Å². The van der Waals surface area contributed by atoms with Crippen molar-refractivity contribution >= 4 is 38.8 Å². The van der Waals surface area contributed by atoms with E-state index in [1.165, 1.54) is 11.1 Å². The maximum Gasteiger partial charge on any atom is 0.262 e. The van der Waals surface area contributed by atoms with Crippen LogP contribution in [0.25, 0.3) is 0 Å². The number of hydrogen-bond donors (Lipinski definition) is 1. The molecule has 4 heterocycles. The van der Waals surface area contributed by atoms with Gasteiger partial charge in [0, 0.05) is 79.7 Å². The third-order valence-electron chi connectivity index (χ3n) is 14.2. The molecule has 6 aliphatic rings. The first-order valence-corrected chi connectivity index (χ1v) is 23.5. The van der Waals surface area contributed by atoms with Crippen LogP contribution in [0.2, 0.25) is 5.02 Å². The molecule has 2 bridgehead atoms. The van der Waals surface area contributed by atoms with E-state index in [0.717, 1.165) is 127 Å². The van der Waals surface area contributed by atoms with Gasteiger partial charge in [-0.15, -0.1) is 0 Å².